The summed E-state index contributed by atoms with van der Waals surface area (Å²) in [5, 5.41) is 29.1. The Morgan fingerprint density at radius 1 is 1.22 bits per heavy atom. The van der Waals surface area contributed by atoms with Gasteiger partial charge >= 0.3 is 0 Å². The van der Waals surface area contributed by atoms with Crippen LogP contribution in [0.25, 0.3) is 10.9 Å². The highest BCUT2D eigenvalue weighted by Crippen LogP contribution is 2.40. The van der Waals surface area contributed by atoms with E-state index in [0.29, 0.717) is 17.5 Å². The van der Waals surface area contributed by atoms with Crippen LogP contribution in [0.4, 0.5) is 5.69 Å². The van der Waals surface area contributed by atoms with Gasteiger partial charge in [-0.1, -0.05) is 59.6 Å². The van der Waals surface area contributed by atoms with Crippen molar-refractivity contribution in [3.63, 3.8) is 0 Å². The molecule has 0 saturated heterocycles. The number of azo groups is 1. The maximum absolute atomic E-state index is 12.2. The molecule has 0 bridgehead atoms. The van der Waals surface area contributed by atoms with Crippen LogP contribution in [0, 0.1) is 0 Å². The van der Waals surface area contributed by atoms with Gasteiger partial charge in [0.15, 0.2) is 11.8 Å². The Hall–Kier alpha value is -2.51. The Bertz CT molecular complexity index is 983. The number of hydrogen-bond donors (Lipinski definition) is 2. The van der Waals surface area contributed by atoms with Crippen molar-refractivity contribution in [1.82, 2.24) is 4.57 Å². The average molecular weight is 430 g/mol. The monoisotopic (exact) mass is 429 g/mol. The average Bonchev–Trinajstić information content (AvgIpc) is 2.94. The van der Waals surface area contributed by atoms with E-state index < -0.39 is 12.0 Å². The lowest BCUT2D eigenvalue weighted by atomic mass is 10.1. The quantitative estimate of drug-likeness (QED) is 0.524. The largest absolute Gasteiger partial charge is 0.493 e. The van der Waals surface area contributed by atoms with Gasteiger partial charge in [-0.25, -0.2) is 0 Å². The molecule has 1 heterocycles. The summed E-state index contributed by atoms with van der Waals surface area (Å²) in [4.78, 5) is 12.2. The van der Waals surface area contributed by atoms with E-state index in [-0.39, 0.29) is 11.6 Å². The fraction of sp³-hybridized carbons (Fsp3) is 0.250. The normalized spacial score (nSPS) is 12.7. The van der Waals surface area contributed by atoms with Gasteiger partial charge in [-0.15, -0.1) is 10.2 Å². The molecule has 1 atom stereocenters. The Kier molecular flexibility index (Phi) is 6.03. The second kappa shape index (κ2) is 8.45. The fourth-order valence-corrected chi connectivity index (χ4v) is 3.23. The predicted octanol–water partition coefficient (Wildman–Crippen LogP) is 5.25. The van der Waals surface area contributed by atoms with Crippen LogP contribution in [-0.4, -0.2) is 20.7 Å². The van der Waals surface area contributed by atoms with Gasteiger partial charge in [0.05, 0.1) is 5.52 Å². The Labute approximate surface area is 165 Å². The third kappa shape index (κ3) is 4.09. The lowest BCUT2D eigenvalue weighted by Crippen LogP contribution is -2.08. The first-order valence-electron chi connectivity index (χ1n) is 8.72. The van der Waals surface area contributed by atoms with E-state index in [9.17, 15) is 15.0 Å². The van der Waals surface area contributed by atoms with Crippen molar-refractivity contribution in [2.24, 2.45) is 10.2 Å². The molecule has 7 heteroatoms. The summed E-state index contributed by atoms with van der Waals surface area (Å²) >= 11 is 3.42. The number of halogens is 1. The number of amides is 1. The van der Waals surface area contributed by atoms with Gasteiger partial charge < -0.3 is 14.8 Å². The van der Waals surface area contributed by atoms with E-state index in [2.05, 4.69) is 33.1 Å². The zero-order chi connectivity index (χ0) is 19.4. The topological polar surface area (TPSA) is 87.2 Å². The highest BCUT2D eigenvalue weighted by molar-refractivity contribution is 9.10. The number of benzene rings is 2. The number of carbonyl (C=O) groups is 1. The number of fused-ring (bicyclic) bond motifs is 1. The van der Waals surface area contributed by atoms with Crippen molar-refractivity contribution in [2.45, 2.75) is 32.4 Å². The molecule has 0 fully saturated rings. The molecule has 27 heavy (non-hydrogen) atoms. The van der Waals surface area contributed by atoms with Crippen molar-refractivity contribution < 1.29 is 15.0 Å². The van der Waals surface area contributed by atoms with Gasteiger partial charge in [0.1, 0.15) is 0 Å². The summed E-state index contributed by atoms with van der Waals surface area (Å²) in [6.45, 7) is 2.71. The molecule has 0 aliphatic heterocycles. The van der Waals surface area contributed by atoms with Gasteiger partial charge in [-0.3, -0.25) is 4.79 Å². The summed E-state index contributed by atoms with van der Waals surface area (Å²) in [6, 6.07) is 14.1. The molecule has 0 radical (unpaired) electrons. The smallest absolute Gasteiger partial charge is 0.297 e. The third-order valence-electron chi connectivity index (χ3n) is 4.31. The summed E-state index contributed by atoms with van der Waals surface area (Å²) in [7, 11) is 0. The molecule has 0 saturated carbocycles. The van der Waals surface area contributed by atoms with Crippen LogP contribution in [0.15, 0.2) is 63.2 Å². The second-order valence-electron chi connectivity index (χ2n) is 6.19. The lowest BCUT2D eigenvalue weighted by molar-refractivity contribution is -0.126. The minimum atomic E-state index is -1.39. The Balaban J connectivity index is 1.96. The number of aromatic hydroxyl groups is 1. The predicted molar refractivity (Wildman–Crippen MR) is 107 cm³/mol. The van der Waals surface area contributed by atoms with E-state index in [4.69, 9.17) is 0 Å². The molecule has 0 aliphatic rings. The van der Waals surface area contributed by atoms with Crippen LogP contribution in [0.1, 0.15) is 31.4 Å². The van der Waals surface area contributed by atoms with Gasteiger partial charge in [0.2, 0.25) is 5.88 Å². The minimum absolute atomic E-state index is 0.0395. The molecule has 3 rings (SSSR count). The second-order valence-corrected chi connectivity index (χ2v) is 7.11. The van der Waals surface area contributed by atoms with Crippen molar-refractivity contribution in [2.75, 3.05) is 0 Å². The molecule has 2 N–H and O–H groups in total. The zero-order valence-electron chi connectivity index (χ0n) is 14.8. The van der Waals surface area contributed by atoms with Crippen LogP contribution < -0.4 is 0 Å². The number of hydrogen-bond acceptors (Lipinski definition) is 4. The summed E-state index contributed by atoms with van der Waals surface area (Å²) in [5.41, 5.74) is 1.48. The SMILES string of the molecule is CCCCn1c(O)c(N=NC(=O)[C@H](O)c2ccccc2)c2cc(Br)ccc21. The van der Waals surface area contributed by atoms with E-state index in [1.807, 2.05) is 18.2 Å². The molecule has 6 nitrogen and oxygen atoms in total. The number of unbranched alkanes of at least 4 members (excludes halogenated alkanes) is 1. The van der Waals surface area contributed by atoms with Crippen LogP contribution in [0.3, 0.4) is 0 Å². The van der Waals surface area contributed by atoms with Crippen molar-refractivity contribution in [3.05, 3.63) is 58.6 Å². The summed E-state index contributed by atoms with van der Waals surface area (Å²) in [6.07, 6.45) is 0.487. The molecule has 0 spiro atoms. The minimum Gasteiger partial charge on any atom is -0.493 e. The van der Waals surface area contributed by atoms with Crippen molar-refractivity contribution in [3.8, 4) is 5.88 Å². The lowest BCUT2D eigenvalue weighted by Gasteiger charge is -2.05. The molecule has 1 aromatic heterocycles. The molecule has 2 aromatic carbocycles. The summed E-state index contributed by atoms with van der Waals surface area (Å²) < 4.78 is 2.59. The number of nitrogens with zero attached hydrogens (tertiary/aromatic N) is 3. The molecule has 0 aliphatic carbocycles. The first kappa shape index (κ1) is 19.3. The summed E-state index contributed by atoms with van der Waals surface area (Å²) in [5.74, 6) is -0.827. The van der Waals surface area contributed by atoms with Gasteiger partial charge in [0.25, 0.3) is 5.91 Å². The number of aryl methyl sites for hydroxylation is 1. The third-order valence-corrected chi connectivity index (χ3v) is 4.80. The highest BCUT2D eigenvalue weighted by atomic mass is 79.9. The van der Waals surface area contributed by atoms with Crippen molar-refractivity contribution >= 4 is 38.4 Å². The maximum Gasteiger partial charge on any atom is 0.297 e. The van der Waals surface area contributed by atoms with E-state index in [1.165, 1.54) is 0 Å². The van der Waals surface area contributed by atoms with E-state index in [0.717, 1.165) is 22.8 Å². The molecular formula is C20H20BrN3O3. The zero-order valence-corrected chi connectivity index (χ0v) is 16.4. The Morgan fingerprint density at radius 3 is 2.67 bits per heavy atom. The number of aliphatic hydroxyl groups is 1. The van der Waals surface area contributed by atoms with Crippen LogP contribution in [-0.2, 0) is 11.3 Å². The molecule has 0 unspecified atom stereocenters. The van der Waals surface area contributed by atoms with Gasteiger partial charge in [-0.2, -0.15) is 0 Å². The first-order chi connectivity index (χ1) is 13.0. The number of aromatic nitrogens is 1. The Morgan fingerprint density at radius 2 is 1.96 bits per heavy atom. The molecule has 3 aromatic rings. The molecule has 1 amide bonds. The molecular weight excluding hydrogens is 410 g/mol. The van der Waals surface area contributed by atoms with Gasteiger partial charge in [0, 0.05) is 16.4 Å². The van der Waals surface area contributed by atoms with Crippen molar-refractivity contribution in [1.29, 1.82) is 0 Å². The molecule has 140 valence electrons. The van der Waals surface area contributed by atoms with Crippen LogP contribution in [0.5, 0.6) is 5.88 Å². The maximum atomic E-state index is 12.2. The highest BCUT2D eigenvalue weighted by Gasteiger charge is 2.20. The van der Waals surface area contributed by atoms with Crippen LogP contribution in [0.2, 0.25) is 0 Å². The fourth-order valence-electron chi connectivity index (χ4n) is 2.87. The van der Waals surface area contributed by atoms with E-state index in [1.54, 1.807) is 34.9 Å². The first-order valence-corrected chi connectivity index (χ1v) is 9.51. The number of rotatable bonds is 6. The number of aliphatic hydroxyl groups excluding tert-OH is 1. The standard InChI is InChI=1S/C20H20BrN3O3/c1-2-3-11-24-16-10-9-14(21)12-15(16)17(20(24)27)22-23-19(26)18(25)13-7-5-4-6-8-13/h4-10,12,18,25,27H,2-3,11H2,1H3/t18-/m1/s1. The van der Waals surface area contributed by atoms with Crippen LogP contribution >= 0.6 is 15.9 Å². The van der Waals surface area contributed by atoms with E-state index >= 15 is 0 Å². The number of carbonyl (C=O) groups excluding carboxylic acids is 1. The van der Waals surface area contributed by atoms with Gasteiger partial charge in [-0.05, 0) is 30.2 Å².